The molecule has 0 radical (unpaired) electrons. The van der Waals surface area contributed by atoms with Gasteiger partial charge in [-0.2, -0.15) is 0 Å². The van der Waals surface area contributed by atoms with Gasteiger partial charge in [0.15, 0.2) is 0 Å². The van der Waals surface area contributed by atoms with Crippen LogP contribution in [0.4, 0.5) is 0 Å². The molecule has 2 N–H and O–H groups in total. The first kappa shape index (κ1) is 17.5. The third kappa shape index (κ3) is 2.92. The number of carbonyl (C=O) groups is 2. The van der Waals surface area contributed by atoms with Gasteiger partial charge in [0.25, 0.3) is 5.91 Å². The van der Waals surface area contributed by atoms with Crippen LogP contribution in [-0.4, -0.2) is 46.8 Å². The highest BCUT2D eigenvalue weighted by molar-refractivity contribution is 6.09. The van der Waals surface area contributed by atoms with E-state index in [0.29, 0.717) is 11.1 Å². The topological polar surface area (TPSA) is 66.6 Å². The van der Waals surface area contributed by atoms with Crippen molar-refractivity contribution in [3.8, 4) is 0 Å². The van der Waals surface area contributed by atoms with Crippen LogP contribution in [0, 0.1) is 0 Å². The number of benzene rings is 1. The number of amides is 2. The van der Waals surface area contributed by atoms with Gasteiger partial charge in [-0.1, -0.05) is 31.4 Å². The van der Waals surface area contributed by atoms with Gasteiger partial charge in [-0.3, -0.25) is 9.59 Å². The van der Waals surface area contributed by atoms with Crippen LogP contribution in [0.3, 0.4) is 0 Å². The Kier molecular flexibility index (Phi) is 4.74. The number of likely N-dealkylation sites (tertiary alicyclic amines) is 1. The molecule has 2 fully saturated rings. The quantitative estimate of drug-likeness (QED) is 0.906. The molecule has 5 nitrogen and oxygen atoms in total. The first-order valence-corrected chi connectivity index (χ1v) is 10.1. The van der Waals surface area contributed by atoms with E-state index < -0.39 is 5.91 Å². The monoisotopic (exact) mass is 355 g/mol. The lowest BCUT2D eigenvalue weighted by molar-refractivity contribution is 0.0427. The maximum Gasteiger partial charge on any atom is 0.255 e. The molecule has 5 heteroatoms. The van der Waals surface area contributed by atoms with Crippen LogP contribution >= 0.6 is 0 Å². The lowest BCUT2D eigenvalue weighted by Crippen LogP contribution is -2.49. The van der Waals surface area contributed by atoms with Crippen molar-refractivity contribution in [2.75, 3.05) is 13.1 Å². The summed E-state index contributed by atoms with van der Waals surface area (Å²) in [5.74, 6) is -0.533. The summed E-state index contributed by atoms with van der Waals surface area (Å²) in [6.45, 7) is 4.22. The van der Waals surface area contributed by atoms with Crippen LogP contribution in [0.1, 0.15) is 84.2 Å². The van der Waals surface area contributed by atoms with Crippen molar-refractivity contribution >= 4 is 11.8 Å². The van der Waals surface area contributed by atoms with Crippen molar-refractivity contribution in [2.24, 2.45) is 5.73 Å². The third-order valence-electron chi connectivity index (χ3n) is 6.66. The average Bonchev–Trinajstić information content (AvgIpc) is 2.93. The van der Waals surface area contributed by atoms with Crippen LogP contribution in [0.15, 0.2) is 18.2 Å². The summed E-state index contributed by atoms with van der Waals surface area (Å²) in [6.07, 6.45) is 8.80. The van der Waals surface area contributed by atoms with Gasteiger partial charge in [0.05, 0.1) is 17.2 Å². The number of hydrogen-bond donors (Lipinski definition) is 1. The van der Waals surface area contributed by atoms with Crippen molar-refractivity contribution in [2.45, 2.75) is 70.0 Å². The Balaban J connectivity index is 1.48. The van der Waals surface area contributed by atoms with E-state index in [1.807, 2.05) is 17.0 Å². The van der Waals surface area contributed by atoms with Gasteiger partial charge in [-0.15, -0.1) is 0 Å². The second-order valence-electron chi connectivity index (χ2n) is 8.08. The van der Waals surface area contributed by atoms with Gasteiger partial charge in [-0.25, -0.2) is 0 Å². The predicted octanol–water partition coefficient (Wildman–Crippen LogP) is 3.10. The summed E-state index contributed by atoms with van der Waals surface area (Å²) in [4.78, 5) is 29.5. The van der Waals surface area contributed by atoms with E-state index in [2.05, 4.69) is 11.8 Å². The molecule has 0 bridgehead atoms. The average molecular weight is 355 g/mol. The fraction of sp³-hybridized carbons (Fsp3) is 0.619. The number of piperidine rings is 1. The molecule has 0 aromatic heterocycles. The number of nitrogens with zero attached hydrogens (tertiary/aromatic N) is 2. The highest BCUT2D eigenvalue weighted by Gasteiger charge is 2.41. The van der Waals surface area contributed by atoms with Crippen molar-refractivity contribution in [3.05, 3.63) is 34.9 Å². The number of rotatable bonds is 3. The minimum atomic E-state index is -0.517. The fourth-order valence-corrected chi connectivity index (χ4v) is 5.27. The molecule has 2 amide bonds. The van der Waals surface area contributed by atoms with E-state index in [0.717, 1.165) is 37.5 Å². The first-order valence-electron chi connectivity index (χ1n) is 10.1. The fourth-order valence-electron chi connectivity index (χ4n) is 5.27. The number of primary amides is 1. The maximum atomic E-state index is 13.1. The summed E-state index contributed by atoms with van der Waals surface area (Å²) in [5.41, 5.74) is 7.34. The molecule has 4 rings (SSSR count). The van der Waals surface area contributed by atoms with Crippen LogP contribution in [0.5, 0.6) is 0 Å². The van der Waals surface area contributed by atoms with E-state index in [1.165, 1.54) is 32.1 Å². The summed E-state index contributed by atoms with van der Waals surface area (Å²) < 4.78 is 0. The molecule has 1 aromatic carbocycles. The van der Waals surface area contributed by atoms with Gasteiger partial charge in [-0.05, 0) is 44.2 Å². The number of hydrogen-bond acceptors (Lipinski definition) is 3. The zero-order valence-corrected chi connectivity index (χ0v) is 15.6. The molecule has 140 valence electrons. The van der Waals surface area contributed by atoms with Crippen LogP contribution in [0.2, 0.25) is 0 Å². The molecule has 3 aliphatic rings. The smallest absolute Gasteiger partial charge is 0.255 e. The summed E-state index contributed by atoms with van der Waals surface area (Å²) in [7, 11) is 0. The Hall–Kier alpha value is -1.88. The van der Waals surface area contributed by atoms with Crippen LogP contribution in [0.25, 0.3) is 0 Å². The van der Waals surface area contributed by atoms with Crippen LogP contribution < -0.4 is 5.73 Å². The Morgan fingerprint density at radius 2 is 1.73 bits per heavy atom. The van der Waals surface area contributed by atoms with E-state index in [4.69, 9.17) is 5.73 Å². The molecule has 1 aromatic rings. The zero-order valence-electron chi connectivity index (χ0n) is 15.6. The van der Waals surface area contributed by atoms with E-state index in [9.17, 15) is 9.59 Å². The normalized spacial score (nSPS) is 25.5. The highest BCUT2D eigenvalue weighted by Crippen LogP contribution is 2.39. The van der Waals surface area contributed by atoms with Crippen molar-refractivity contribution < 1.29 is 9.59 Å². The molecule has 2 aliphatic heterocycles. The molecular formula is C21H29N3O2. The Morgan fingerprint density at radius 3 is 2.38 bits per heavy atom. The van der Waals surface area contributed by atoms with E-state index in [-0.39, 0.29) is 18.0 Å². The maximum absolute atomic E-state index is 13.1. The number of carbonyl (C=O) groups excluding carboxylic acids is 2. The zero-order chi connectivity index (χ0) is 18.3. The Morgan fingerprint density at radius 1 is 1.04 bits per heavy atom. The summed E-state index contributed by atoms with van der Waals surface area (Å²) >= 11 is 0. The highest BCUT2D eigenvalue weighted by atomic mass is 16.2. The first-order chi connectivity index (χ1) is 12.6. The van der Waals surface area contributed by atoms with Crippen molar-refractivity contribution in [1.82, 2.24) is 9.80 Å². The molecular weight excluding hydrogens is 326 g/mol. The number of fused-ring (bicyclic) bond motifs is 1. The largest absolute Gasteiger partial charge is 0.366 e. The van der Waals surface area contributed by atoms with Gasteiger partial charge >= 0.3 is 0 Å². The lowest BCUT2D eigenvalue weighted by Gasteiger charge is -2.42. The van der Waals surface area contributed by atoms with Gasteiger partial charge in [0, 0.05) is 25.2 Å². The molecule has 0 spiro atoms. The molecule has 1 saturated carbocycles. The van der Waals surface area contributed by atoms with Gasteiger partial charge in [0.1, 0.15) is 0 Å². The van der Waals surface area contributed by atoms with E-state index in [1.54, 1.807) is 6.07 Å². The van der Waals surface area contributed by atoms with Crippen molar-refractivity contribution in [1.29, 1.82) is 0 Å². The number of nitrogens with two attached hydrogens (primary N) is 1. The molecule has 26 heavy (non-hydrogen) atoms. The molecule has 1 aliphatic carbocycles. The molecule has 1 unspecified atom stereocenters. The van der Waals surface area contributed by atoms with Gasteiger partial charge < -0.3 is 15.5 Å². The SMILES string of the molecule is CC1c2cccc(C(N)=O)c2C(=O)N1C1CCN(C2CCCCC2)CC1. The minimum absolute atomic E-state index is 0.0157. The second-order valence-corrected chi connectivity index (χ2v) is 8.08. The predicted molar refractivity (Wildman–Crippen MR) is 101 cm³/mol. The Labute approximate surface area is 155 Å². The molecule has 2 heterocycles. The summed E-state index contributed by atoms with van der Waals surface area (Å²) in [5, 5.41) is 0. The second kappa shape index (κ2) is 7.03. The van der Waals surface area contributed by atoms with Crippen molar-refractivity contribution in [3.63, 3.8) is 0 Å². The van der Waals surface area contributed by atoms with Crippen LogP contribution in [-0.2, 0) is 0 Å². The standard InChI is InChI=1S/C21H29N3O2/c1-14-17-8-5-9-18(20(22)25)19(17)21(26)24(14)16-10-12-23(13-11-16)15-6-3-2-4-7-15/h5,8-9,14-16H,2-4,6-7,10-13H2,1H3,(H2,22,25). The third-order valence-corrected chi connectivity index (χ3v) is 6.66. The minimum Gasteiger partial charge on any atom is -0.366 e. The van der Waals surface area contributed by atoms with E-state index >= 15 is 0 Å². The molecule has 1 atom stereocenters. The van der Waals surface area contributed by atoms with Gasteiger partial charge in [0.2, 0.25) is 5.91 Å². The lowest BCUT2D eigenvalue weighted by atomic mass is 9.91. The Bertz CT molecular complexity index is 703. The molecule has 1 saturated heterocycles. The summed E-state index contributed by atoms with van der Waals surface area (Å²) in [6, 6.07) is 6.48.